The number of thiophene rings is 1. The Labute approximate surface area is 129 Å². The highest BCUT2D eigenvalue weighted by molar-refractivity contribution is 7.99. The van der Waals surface area contributed by atoms with Gasteiger partial charge in [0.15, 0.2) is 0 Å². The Morgan fingerprint density at radius 2 is 2.29 bits per heavy atom. The highest BCUT2D eigenvalue weighted by Crippen LogP contribution is 2.27. The van der Waals surface area contributed by atoms with E-state index in [0.29, 0.717) is 26.9 Å². The third-order valence-electron chi connectivity index (χ3n) is 2.60. The van der Waals surface area contributed by atoms with Gasteiger partial charge in [0, 0.05) is 22.8 Å². The zero-order chi connectivity index (χ0) is 15.2. The van der Waals surface area contributed by atoms with Gasteiger partial charge in [-0.2, -0.15) is 5.26 Å². The molecule has 1 aromatic heterocycles. The SMILES string of the molecule is N#Cc1ccsc1NC(=O)CCSc1cc(F)ccc1N. The van der Waals surface area contributed by atoms with Gasteiger partial charge in [-0.05, 0) is 29.6 Å². The molecule has 1 aromatic carbocycles. The van der Waals surface area contributed by atoms with Gasteiger partial charge < -0.3 is 11.1 Å². The van der Waals surface area contributed by atoms with Crippen molar-refractivity contribution >= 4 is 39.7 Å². The summed E-state index contributed by atoms with van der Waals surface area (Å²) >= 11 is 2.63. The summed E-state index contributed by atoms with van der Waals surface area (Å²) in [6.45, 7) is 0. The van der Waals surface area contributed by atoms with Gasteiger partial charge >= 0.3 is 0 Å². The number of thioether (sulfide) groups is 1. The number of rotatable bonds is 5. The molecule has 0 atom stereocenters. The molecule has 2 rings (SSSR count). The fourth-order valence-electron chi connectivity index (χ4n) is 1.57. The Morgan fingerprint density at radius 1 is 1.48 bits per heavy atom. The van der Waals surface area contributed by atoms with Crippen molar-refractivity contribution in [3.63, 3.8) is 0 Å². The molecule has 0 aliphatic heterocycles. The number of halogens is 1. The van der Waals surface area contributed by atoms with Crippen LogP contribution in [0.3, 0.4) is 0 Å². The molecular weight excluding hydrogens is 309 g/mol. The van der Waals surface area contributed by atoms with Gasteiger partial charge in [0.1, 0.15) is 16.9 Å². The fourth-order valence-corrected chi connectivity index (χ4v) is 3.26. The van der Waals surface area contributed by atoms with Crippen molar-refractivity contribution in [2.24, 2.45) is 0 Å². The first-order chi connectivity index (χ1) is 10.1. The minimum Gasteiger partial charge on any atom is -0.398 e. The summed E-state index contributed by atoms with van der Waals surface area (Å²) in [5.74, 6) is -0.0583. The number of hydrogen-bond acceptors (Lipinski definition) is 5. The minimum absolute atomic E-state index is 0.184. The predicted octanol–water partition coefficient (Wildman–Crippen LogP) is 3.46. The maximum absolute atomic E-state index is 13.1. The topological polar surface area (TPSA) is 78.9 Å². The predicted molar refractivity (Wildman–Crippen MR) is 83.8 cm³/mol. The second-order valence-electron chi connectivity index (χ2n) is 4.10. The minimum atomic E-state index is -0.353. The quantitative estimate of drug-likeness (QED) is 0.653. The van der Waals surface area contributed by atoms with E-state index in [1.807, 2.05) is 6.07 Å². The molecule has 0 aliphatic carbocycles. The summed E-state index contributed by atoms with van der Waals surface area (Å²) in [4.78, 5) is 12.4. The molecule has 0 fully saturated rings. The van der Waals surface area contributed by atoms with Gasteiger partial charge in [-0.15, -0.1) is 23.1 Å². The first kappa shape index (κ1) is 15.4. The monoisotopic (exact) mass is 321 g/mol. The number of carbonyl (C=O) groups is 1. The number of carbonyl (C=O) groups excluding carboxylic acids is 1. The summed E-state index contributed by atoms with van der Waals surface area (Å²) in [6.07, 6.45) is 0.253. The van der Waals surface area contributed by atoms with Crippen molar-refractivity contribution in [3.8, 4) is 6.07 Å². The smallest absolute Gasteiger partial charge is 0.225 e. The van der Waals surface area contributed by atoms with Crippen LogP contribution in [0.2, 0.25) is 0 Å². The van der Waals surface area contributed by atoms with Gasteiger partial charge in [-0.25, -0.2) is 4.39 Å². The average molecular weight is 321 g/mol. The van der Waals surface area contributed by atoms with Crippen molar-refractivity contribution in [2.45, 2.75) is 11.3 Å². The van der Waals surface area contributed by atoms with E-state index in [4.69, 9.17) is 11.0 Å². The van der Waals surface area contributed by atoms with Crippen LogP contribution in [0.25, 0.3) is 0 Å². The third kappa shape index (κ3) is 4.21. The van der Waals surface area contributed by atoms with Crippen molar-refractivity contribution in [1.29, 1.82) is 5.26 Å². The molecule has 0 radical (unpaired) electrons. The molecule has 108 valence electrons. The van der Waals surface area contributed by atoms with Crippen LogP contribution in [0.5, 0.6) is 0 Å². The normalized spacial score (nSPS) is 10.1. The Bertz CT molecular complexity index is 694. The van der Waals surface area contributed by atoms with Crippen molar-refractivity contribution in [3.05, 3.63) is 41.0 Å². The Morgan fingerprint density at radius 3 is 3.05 bits per heavy atom. The number of nitrogens with one attached hydrogen (secondary N) is 1. The zero-order valence-electron chi connectivity index (χ0n) is 10.9. The second-order valence-corrected chi connectivity index (χ2v) is 6.16. The molecule has 4 nitrogen and oxygen atoms in total. The van der Waals surface area contributed by atoms with Crippen LogP contribution >= 0.6 is 23.1 Å². The summed E-state index contributed by atoms with van der Waals surface area (Å²) in [6, 6.07) is 7.82. The van der Waals surface area contributed by atoms with Gasteiger partial charge in [-0.1, -0.05) is 0 Å². The average Bonchev–Trinajstić information content (AvgIpc) is 2.89. The molecular formula is C14H12FN3OS2. The van der Waals surface area contributed by atoms with Gasteiger partial charge in [0.25, 0.3) is 0 Å². The third-order valence-corrected chi connectivity index (χ3v) is 4.50. The maximum Gasteiger partial charge on any atom is 0.225 e. The van der Waals surface area contributed by atoms with E-state index in [9.17, 15) is 9.18 Å². The van der Waals surface area contributed by atoms with Gasteiger partial charge in [0.2, 0.25) is 5.91 Å². The molecule has 1 amide bonds. The molecule has 3 N–H and O–H groups in total. The van der Waals surface area contributed by atoms with Crippen LogP contribution in [-0.2, 0) is 4.79 Å². The molecule has 0 aliphatic rings. The largest absolute Gasteiger partial charge is 0.398 e. The molecule has 0 spiro atoms. The second kappa shape index (κ2) is 7.11. The number of nitrogen functional groups attached to an aromatic ring is 1. The van der Waals surface area contributed by atoms with Gasteiger partial charge in [0.05, 0.1) is 5.56 Å². The van der Waals surface area contributed by atoms with E-state index in [1.54, 1.807) is 11.4 Å². The number of hydrogen-bond donors (Lipinski definition) is 2. The molecule has 0 saturated carbocycles. The number of amides is 1. The molecule has 0 bridgehead atoms. The maximum atomic E-state index is 13.1. The highest BCUT2D eigenvalue weighted by atomic mass is 32.2. The summed E-state index contributed by atoms with van der Waals surface area (Å²) in [5.41, 5.74) is 6.68. The van der Waals surface area contributed by atoms with Crippen LogP contribution in [0.1, 0.15) is 12.0 Å². The molecule has 0 unspecified atom stereocenters. The van der Waals surface area contributed by atoms with E-state index in [-0.39, 0.29) is 18.1 Å². The Kier molecular flexibility index (Phi) is 5.20. The molecule has 1 heterocycles. The highest BCUT2D eigenvalue weighted by Gasteiger charge is 2.09. The standard InChI is InChI=1S/C14H12FN3OS2/c15-10-1-2-11(17)12(7-10)20-6-4-13(19)18-14-9(8-16)3-5-21-14/h1-3,5,7H,4,6,17H2,(H,18,19). The van der Waals surface area contributed by atoms with E-state index in [0.717, 1.165) is 0 Å². The van der Waals surface area contributed by atoms with Crippen LogP contribution in [0, 0.1) is 17.1 Å². The van der Waals surface area contributed by atoms with E-state index >= 15 is 0 Å². The summed E-state index contributed by atoms with van der Waals surface area (Å²) in [7, 11) is 0. The van der Waals surface area contributed by atoms with Gasteiger partial charge in [-0.3, -0.25) is 4.79 Å². The first-order valence-electron chi connectivity index (χ1n) is 6.05. The van der Waals surface area contributed by atoms with Crippen molar-refractivity contribution in [1.82, 2.24) is 0 Å². The van der Waals surface area contributed by atoms with Crippen molar-refractivity contribution < 1.29 is 9.18 Å². The number of nitrogens with zero attached hydrogens (tertiary/aromatic N) is 1. The lowest BCUT2D eigenvalue weighted by atomic mass is 10.3. The molecule has 2 aromatic rings. The molecule has 7 heteroatoms. The zero-order valence-corrected chi connectivity index (χ0v) is 12.6. The lowest BCUT2D eigenvalue weighted by Crippen LogP contribution is -2.11. The van der Waals surface area contributed by atoms with Crippen LogP contribution in [0.15, 0.2) is 34.5 Å². The lowest BCUT2D eigenvalue weighted by molar-refractivity contribution is -0.115. The van der Waals surface area contributed by atoms with E-state index in [2.05, 4.69) is 5.32 Å². The first-order valence-corrected chi connectivity index (χ1v) is 7.92. The van der Waals surface area contributed by atoms with Crippen molar-refractivity contribution in [2.75, 3.05) is 16.8 Å². The molecule has 21 heavy (non-hydrogen) atoms. The summed E-state index contributed by atoms with van der Waals surface area (Å²) in [5, 5.41) is 13.8. The molecule has 0 saturated heterocycles. The Hall–Kier alpha value is -2.04. The number of nitriles is 1. The van der Waals surface area contributed by atoms with Crippen LogP contribution < -0.4 is 11.1 Å². The van der Waals surface area contributed by atoms with E-state index in [1.165, 1.54) is 41.3 Å². The van der Waals surface area contributed by atoms with Crippen LogP contribution in [0.4, 0.5) is 15.1 Å². The number of anilines is 2. The number of nitrogens with two attached hydrogens (primary N) is 1. The lowest BCUT2D eigenvalue weighted by Gasteiger charge is -2.06. The Balaban J connectivity index is 1.85. The number of benzene rings is 1. The van der Waals surface area contributed by atoms with E-state index < -0.39 is 0 Å². The fraction of sp³-hybridized carbons (Fsp3) is 0.143. The summed E-state index contributed by atoms with van der Waals surface area (Å²) < 4.78 is 13.1. The van der Waals surface area contributed by atoms with Crippen LogP contribution in [-0.4, -0.2) is 11.7 Å².